The summed E-state index contributed by atoms with van der Waals surface area (Å²) < 4.78 is 25.8. The first kappa shape index (κ1) is 10.1. The van der Waals surface area contributed by atoms with Gasteiger partial charge in [0.15, 0.2) is 0 Å². The van der Waals surface area contributed by atoms with Crippen molar-refractivity contribution in [2.45, 2.75) is 12.5 Å². The molecule has 0 radical (unpaired) electrons. The van der Waals surface area contributed by atoms with Gasteiger partial charge in [0, 0.05) is 5.56 Å². The van der Waals surface area contributed by atoms with Gasteiger partial charge >= 0.3 is 0 Å². The van der Waals surface area contributed by atoms with Crippen LogP contribution in [0.1, 0.15) is 12.5 Å². The number of benzene rings is 1. The van der Waals surface area contributed by atoms with Crippen LogP contribution in [0.2, 0.25) is 0 Å². The molecule has 1 aromatic carbocycles. The highest BCUT2D eigenvalue weighted by Crippen LogP contribution is 2.21. The topological polar surface area (TPSA) is 46.2 Å². The molecule has 1 rings (SSSR count). The SMILES string of the molecule is C[C@](N)(CO)c1cc(F)ccc1F. The molecular formula is C9H11F2NO. The van der Waals surface area contributed by atoms with Crippen molar-refractivity contribution in [3.05, 3.63) is 35.4 Å². The van der Waals surface area contributed by atoms with Crippen LogP contribution in [0.4, 0.5) is 8.78 Å². The minimum absolute atomic E-state index is 0.0185. The molecule has 1 aromatic rings. The number of nitrogens with two attached hydrogens (primary N) is 1. The van der Waals surface area contributed by atoms with E-state index in [1.165, 1.54) is 6.92 Å². The summed E-state index contributed by atoms with van der Waals surface area (Å²) in [6, 6.07) is 2.99. The first-order chi connectivity index (χ1) is 5.97. The molecule has 2 nitrogen and oxygen atoms in total. The van der Waals surface area contributed by atoms with Crippen molar-refractivity contribution in [1.29, 1.82) is 0 Å². The summed E-state index contributed by atoms with van der Waals surface area (Å²) in [6.07, 6.45) is 0. The third-order valence-electron chi connectivity index (χ3n) is 1.87. The fourth-order valence-electron chi connectivity index (χ4n) is 1.02. The monoisotopic (exact) mass is 187 g/mol. The maximum atomic E-state index is 13.1. The van der Waals surface area contributed by atoms with Crippen LogP contribution in [-0.2, 0) is 5.54 Å². The second kappa shape index (κ2) is 3.40. The lowest BCUT2D eigenvalue weighted by Gasteiger charge is -2.22. The Morgan fingerprint density at radius 2 is 2.08 bits per heavy atom. The molecule has 0 saturated carbocycles. The van der Waals surface area contributed by atoms with Gasteiger partial charge < -0.3 is 10.8 Å². The predicted molar refractivity (Wildman–Crippen MR) is 45.0 cm³/mol. The fraction of sp³-hybridized carbons (Fsp3) is 0.333. The first-order valence-corrected chi connectivity index (χ1v) is 3.82. The standard InChI is InChI=1S/C9H11F2NO/c1-9(12,5-13)7-4-6(10)2-3-8(7)11/h2-4,13H,5,12H2,1H3/t9-/m0/s1. The van der Waals surface area contributed by atoms with E-state index in [2.05, 4.69) is 0 Å². The van der Waals surface area contributed by atoms with Gasteiger partial charge in [0.1, 0.15) is 11.6 Å². The third-order valence-corrected chi connectivity index (χ3v) is 1.87. The highest BCUT2D eigenvalue weighted by Gasteiger charge is 2.24. The lowest BCUT2D eigenvalue weighted by Crippen LogP contribution is -2.38. The normalized spacial score (nSPS) is 15.5. The Morgan fingerprint density at radius 1 is 1.46 bits per heavy atom. The predicted octanol–water partition coefficient (Wildman–Crippen LogP) is 1.13. The summed E-state index contributed by atoms with van der Waals surface area (Å²) in [6.45, 7) is 0.998. The molecule has 0 aliphatic carbocycles. The van der Waals surface area contributed by atoms with E-state index >= 15 is 0 Å². The first-order valence-electron chi connectivity index (χ1n) is 3.82. The third kappa shape index (κ3) is 2.02. The zero-order valence-electron chi connectivity index (χ0n) is 7.22. The van der Waals surface area contributed by atoms with Gasteiger partial charge in [-0.2, -0.15) is 0 Å². The Labute approximate surface area is 75.0 Å². The summed E-state index contributed by atoms with van der Waals surface area (Å²) >= 11 is 0. The van der Waals surface area contributed by atoms with Crippen molar-refractivity contribution in [1.82, 2.24) is 0 Å². The van der Waals surface area contributed by atoms with E-state index in [9.17, 15) is 8.78 Å². The number of rotatable bonds is 2. The van der Waals surface area contributed by atoms with Crippen LogP contribution in [0.15, 0.2) is 18.2 Å². The second-order valence-corrected chi connectivity index (χ2v) is 3.20. The number of hydrogen-bond donors (Lipinski definition) is 2. The number of aliphatic hydroxyl groups excluding tert-OH is 1. The summed E-state index contributed by atoms with van der Waals surface area (Å²) in [5.74, 6) is -1.18. The van der Waals surface area contributed by atoms with E-state index in [-0.39, 0.29) is 5.56 Å². The minimum Gasteiger partial charge on any atom is -0.394 e. The highest BCUT2D eigenvalue weighted by molar-refractivity contribution is 5.25. The van der Waals surface area contributed by atoms with E-state index < -0.39 is 23.8 Å². The molecule has 0 spiro atoms. The summed E-state index contributed by atoms with van der Waals surface area (Å²) in [5.41, 5.74) is 4.29. The molecule has 0 amide bonds. The Bertz CT molecular complexity index is 312. The van der Waals surface area contributed by atoms with Gasteiger partial charge in [-0.3, -0.25) is 0 Å². The Balaban J connectivity index is 3.20. The van der Waals surface area contributed by atoms with Crippen molar-refractivity contribution in [2.75, 3.05) is 6.61 Å². The molecule has 3 N–H and O–H groups in total. The van der Waals surface area contributed by atoms with Gasteiger partial charge in [-0.25, -0.2) is 8.78 Å². The Morgan fingerprint density at radius 3 is 2.62 bits per heavy atom. The molecule has 0 aliphatic heterocycles. The largest absolute Gasteiger partial charge is 0.394 e. The van der Waals surface area contributed by atoms with Gasteiger partial charge in [0.2, 0.25) is 0 Å². The van der Waals surface area contributed by atoms with Crippen molar-refractivity contribution in [3.63, 3.8) is 0 Å². The lowest BCUT2D eigenvalue weighted by molar-refractivity contribution is 0.206. The van der Waals surface area contributed by atoms with E-state index in [1.807, 2.05) is 0 Å². The van der Waals surface area contributed by atoms with E-state index in [4.69, 9.17) is 10.8 Å². The van der Waals surface area contributed by atoms with E-state index in [0.717, 1.165) is 18.2 Å². The molecule has 0 aromatic heterocycles. The number of halogens is 2. The molecular weight excluding hydrogens is 176 g/mol. The van der Waals surface area contributed by atoms with Crippen LogP contribution < -0.4 is 5.73 Å². The van der Waals surface area contributed by atoms with Crippen LogP contribution in [0.25, 0.3) is 0 Å². The highest BCUT2D eigenvalue weighted by atomic mass is 19.1. The van der Waals surface area contributed by atoms with Crippen molar-refractivity contribution in [2.24, 2.45) is 5.73 Å². The summed E-state index contributed by atoms with van der Waals surface area (Å²) in [7, 11) is 0. The molecule has 72 valence electrons. The second-order valence-electron chi connectivity index (χ2n) is 3.20. The molecule has 0 bridgehead atoms. The molecule has 1 atom stereocenters. The average Bonchev–Trinajstić information content (AvgIpc) is 2.09. The van der Waals surface area contributed by atoms with Crippen molar-refractivity contribution in [3.8, 4) is 0 Å². The van der Waals surface area contributed by atoms with E-state index in [0.29, 0.717) is 0 Å². The van der Waals surface area contributed by atoms with E-state index in [1.54, 1.807) is 0 Å². The van der Waals surface area contributed by atoms with Crippen LogP contribution in [0.3, 0.4) is 0 Å². The zero-order chi connectivity index (χ0) is 10.1. The van der Waals surface area contributed by atoms with Gasteiger partial charge in [0.25, 0.3) is 0 Å². The van der Waals surface area contributed by atoms with Crippen molar-refractivity contribution >= 4 is 0 Å². The van der Waals surface area contributed by atoms with Crippen LogP contribution >= 0.6 is 0 Å². The Hall–Kier alpha value is -1.00. The smallest absolute Gasteiger partial charge is 0.128 e. The maximum Gasteiger partial charge on any atom is 0.128 e. The maximum absolute atomic E-state index is 13.1. The van der Waals surface area contributed by atoms with Crippen LogP contribution in [-0.4, -0.2) is 11.7 Å². The average molecular weight is 187 g/mol. The Kier molecular flexibility index (Phi) is 2.63. The molecule has 0 fully saturated rings. The molecule has 0 aliphatic rings. The molecule has 0 heterocycles. The van der Waals surface area contributed by atoms with Gasteiger partial charge in [-0.05, 0) is 25.1 Å². The quantitative estimate of drug-likeness (QED) is 0.729. The lowest BCUT2D eigenvalue weighted by atomic mass is 9.94. The van der Waals surface area contributed by atoms with Crippen LogP contribution in [0, 0.1) is 11.6 Å². The number of hydrogen-bond acceptors (Lipinski definition) is 2. The van der Waals surface area contributed by atoms with Gasteiger partial charge in [0.05, 0.1) is 12.1 Å². The minimum atomic E-state index is -1.24. The molecule has 4 heteroatoms. The number of aliphatic hydroxyl groups is 1. The summed E-state index contributed by atoms with van der Waals surface area (Å²) in [4.78, 5) is 0. The molecule has 0 unspecified atom stereocenters. The fourth-order valence-corrected chi connectivity index (χ4v) is 1.02. The molecule has 13 heavy (non-hydrogen) atoms. The van der Waals surface area contributed by atoms with Gasteiger partial charge in [-0.15, -0.1) is 0 Å². The molecule has 0 saturated heterocycles. The summed E-state index contributed by atoms with van der Waals surface area (Å²) in [5, 5.41) is 8.85. The van der Waals surface area contributed by atoms with Gasteiger partial charge in [-0.1, -0.05) is 0 Å². The van der Waals surface area contributed by atoms with Crippen LogP contribution in [0.5, 0.6) is 0 Å². The zero-order valence-corrected chi connectivity index (χ0v) is 7.22. The van der Waals surface area contributed by atoms with Crippen molar-refractivity contribution < 1.29 is 13.9 Å².